The zero-order chi connectivity index (χ0) is 10.8. The Bertz CT molecular complexity index is 252. The number of hydrogen-bond acceptors (Lipinski definition) is 3. The van der Waals surface area contributed by atoms with Gasteiger partial charge in [-0.05, 0) is 38.8 Å². The van der Waals surface area contributed by atoms with Gasteiger partial charge in [-0.25, -0.2) is 0 Å². The summed E-state index contributed by atoms with van der Waals surface area (Å²) in [6.07, 6.45) is 3.78. The van der Waals surface area contributed by atoms with Crippen molar-refractivity contribution >= 4 is 5.96 Å². The van der Waals surface area contributed by atoms with Crippen LogP contribution >= 0.6 is 0 Å². The van der Waals surface area contributed by atoms with E-state index >= 15 is 0 Å². The summed E-state index contributed by atoms with van der Waals surface area (Å²) in [5.74, 6) is 6.43. The van der Waals surface area contributed by atoms with E-state index in [1.54, 1.807) is 0 Å². The van der Waals surface area contributed by atoms with Crippen molar-refractivity contribution in [3.05, 3.63) is 0 Å². The first-order valence-corrected chi connectivity index (χ1v) is 5.71. The van der Waals surface area contributed by atoms with Gasteiger partial charge in [0.25, 0.3) is 0 Å². The molecule has 0 radical (unpaired) electrons. The second kappa shape index (κ2) is 4.26. The molecule has 15 heavy (non-hydrogen) atoms. The molecule has 5 heteroatoms. The van der Waals surface area contributed by atoms with E-state index in [9.17, 15) is 0 Å². The molecular weight excluding hydrogens is 190 g/mol. The number of hydrazone groups is 1. The Labute approximate surface area is 91.1 Å². The second-order valence-corrected chi connectivity index (χ2v) is 4.67. The molecule has 0 aromatic rings. The van der Waals surface area contributed by atoms with Crippen molar-refractivity contribution in [2.24, 2.45) is 22.6 Å². The van der Waals surface area contributed by atoms with Crippen molar-refractivity contribution in [2.45, 2.75) is 25.3 Å². The van der Waals surface area contributed by atoms with Crippen LogP contribution in [0.25, 0.3) is 0 Å². The Morgan fingerprint density at radius 2 is 2.13 bits per heavy atom. The highest BCUT2D eigenvalue weighted by molar-refractivity contribution is 5.77. The summed E-state index contributed by atoms with van der Waals surface area (Å²) in [4.78, 5) is 4.60. The van der Waals surface area contributed by atoms with Gasteiger partial charge in [-0.2, -0.15) is 0 Å². The second-order valence-electron chi connectivity index (χ2n) is 4.67. The molecular formula is C10H21N5. The van der Waals surface area contributed by atoms with Crippen LogP contribution in [0.2, 0.25) is 0 Å². The number of fused-ring (bicyclic) bond motifs is 1. The van der Waals surface area contributed by atoms with Crippen LogP contribution < -0.4 is 11.6 Å². The molecule has 0 aromatic heterocycles. The quantitative estimate of drug-likeness (QED) is 0.247. The van der Waals surface area contributed by atoms with Gasteiger partial charge in [0, 0.05) is 19.1 Å². The van der Waals surface area contributed by atoms with E-state index in [0.29, 0.717) is 5.96 Å². The smallest absolute Gasteiger partial charge is 0.213 e. The summed E-state index contributed by atoms with van der Waals surface area (Å²) in [7, 11) is 2.23. The number of hydrogen-bond donors (Lipinski definition) is 2. The number of rotatable bonds is 0. The highest BCUT2D eigenvalue weighted by atomic mass is 15.3. The van der Waals surface area contributed by atoms with Gasteiger partial charge >= 0.3 is 0 Å². The van der Waals surface area contributed by atoms with Crippen molar-refractivity contribution in [3.8, 4) is 0 Å². The first-order chi connectivity index (χ1) is 7.22. The van der Waals surface area contributed by atoms with Gasteiger partial charge in [0.15, 0.2) is 0 Å². The van der Waals surface area contributed by atoms with Crippen LogP contribution in [0, 0.1) is 5.92 Å². The van der Waals surface area contributed by atoms with E-state index in [0.717, 1.165) is 25.0 Å². The van der Waals surface area contributed by atoms with Gasteiger partial charge in [0.05, 0.1) is 0 Å². The minimum atomic E-state index is 0.488. The van der Waals surface area contributed by atoms with E-state index in [2.05, 4.69) is 21.9 Å². The molecule has 5 nitrogen and oxygen atoms in total. The fraction of sp³-hybridized carbons (Fsp3) is 0.900. The predicted octanol–water partition coefficient (Wildman–Crippen LogP) is -0.409. The SMILES string of the molecule is CN1CCCC2CN(C(N)=NN)CCC21. The molecule has 2 fully saturated rings. The summed E-state index contributed by atoms with van der Waals surface area (Å²) >= 11 is 0. The molecule has 2 saturated heterocycles. The fourth-order valence-electron chi connectivity index (χ4n) is 2.94. The van der Waals surface area contributed by atoms with Gasteiger partial charge in [0.2, 0.25) is 5.96 Å². The third-order valence-electron chi connectivity index (χ3n) is 3.80. The van der Waals surface area contributed by atoms with Crippen LogP contribution in [0.3, 0.4) is 0 Å². The molecule has 2 atom stereocenters. The first kappa shape index (κ1) is 10.5. The van der Waals surface area contributed by atoms with Gasteiger partial charge in [-0.15, -0.1) is 5.10 Å². The van der Waals surface area contributed by atoms with Gasteiger partial charge < -0.3 is 21.4 Å². The van der Waals surface area contributed by atoms with Gasteiger partial charge in [-0.1, -0.05) is 0 Å². The maximum atomic E-state index is 5.74. The third-order valence-corrected chi connectivity index (χ3v) is 3.80. The molecule has 2 aliphatic rings. The molecule has 2 rings (SSSR count). The number of guanidine groups is 1. The van der Waals surface area contributed by atoms with Crippen LogP contribution in [-0.4, -0.2) is 48.5 Å². The van der Waals surface area contributed by atoms with Gasteiger partial charge in [0.1, 0.15) is 0 Å². The minimum absolute atomic E-state index is 0.488. The zero-order valence-corrected chi connectivity index (χ0v) is 9.39. The van der Waals surface area contributed by atoms with E-state index in [-0.39, 0.29) is 0 Å². The van der Waals surface area contributed by atoms with Crippen molar-refractivity contribution in [1.82, 2.24) is 9.80 Å². The number of nitrogens with two attached hydrogens (primary N) is 2. The third kappa shape index (κ3) is 2.02. The van der Waals surface area contributed by atoms with E-state index in [1.165, 1.54) is 25.8 Å². The molecule has 0 aliphatic carbocycles. The summed E-state index contributed by atoms with van der Waals surface area (Å²) in [6, 6.07) is 0.737. The van der Waals surface area contributed by atoms with E-state index < -0.39 is 0 Å². The average Bonchev–Trinajstić information content (AvgIpc) is 2.28. The molecule has 0 spiro atoms. The predicted molar refractivity (Wildman–Crippen MR) is 61.1 cm³/mol. The summed E-state index contributed by atoms with van der Waals surface area (Å²) in [5, 5.41) is 3.58. The van der Waals surface area contributed by atoms with Crippen molar-refractivity contribution in [3.63, 3.8) is 0 Å². The highest BCUT2D eigenvalue weighted by Gasteiger charge is 2.34. The highest BCUT2D eigenvalue weighted by Crippen LogP contribution is 2.29. The topological polar surface area (TPSA) is 70.9 Å². The standard InChI is InChI=1S/C10H21N5/c1-14-5-2-3-8-7-15(10(11)13-12)6-4-9(8)14/h8-9H,2-7,12H2,1H3,(H2,11,13). The van der Waals surface area contributed by atoms with E-state index in [4.69, 9.17) is 11.6 Å². The van der Waals surface area contributed by atoms with Crippen molar-refractivity contribution < 1.29 is 0 Å². The maximum Gasteiger partial charge on any atom is 0.213 e. The molecule has 0 saturated carbocycles. The Morgan fingerprint density at radius 1 is 1.33 bits per heavy atom. The van der Waals surface area contributed by atoms with Crippen molar-refractivity contribution in [1.29, 1.82) is 0 Å². The molecule has 0 amide bonds. The lowest BCUT2D eigenvalue weighted by atomic mass is 9.84. The lowest BCUT2D eigenvalue weighted by Crippen LogP contribution is -2.55. The van der Waals surface area contributed by atoms with Gasteiger partial charge in [-0.3, -0.25) is 0 Å². The molecule has 2 unspecified atom stereocenters. The van der Waals surface area contributed by atoms with E-state index in [1.807, 2.05) is 0 Å². The van der Waals surface area contributed by atoms with Crippen LogP contribution in [0.1, 0.15) is 19.3 Å². The molecule has 4 N–H and O–H groups in total. The summed E-state index contributed by atoms with van der Waals surface area (Å²) in [6.45, 7) is 3.24. The minimum Gasteiger partial charge on any atom is -0.368 e. The fourth-order valence-corrected chi connectivity index (χ4v) is 2.94. The van der Waals surface area contributed by atoms with Crippen LogP contribution in [-0.2, 0) is 0 Å². The number of likely N-dealkylation sites (tertiary alicyclic amines) is 2. The van der Waals surface area contributed by atoms with Crippen LogP contribution in [0.15, 0.2) is 5.10 Å². The Kier molecular flexibility index (Phi) is 3.00. The average molecular weight is 211 g/mol. The lowest BCUT2D eigenvalue weighted by Gasteiger charge is -2.46. The molecule has 2 heterocycles. The zero-order valence-electron chi connectivity index (χ0n) is 9.39. The summed E-state index contributed by atoms with van der Waals surface area (Å²) in [5.41, 5.74) is 5.74. The lowest BCUT2D eigenvalue weighted by molar-refractivity contribution is 0.0627. The molecule has 0 bridgehead atoms. The van der Waals surface area contributed by atoms with Crippen LogP contribution in [0.4, 0.5) is 0 Å². The molecule has 0 aromatic carbocycles. The normalized spacial score (nSPS) is 33.9. The Morgan fingerprint density at radius 3 is 2.87 bits per heavy atom. The number of nitrogens with zero attached hydrogens (tertiary/aromatic N) is 3. The largest absolute Gasteiger partial charge is 0.368 e. The molecule has 2 aliphatic heterocycles. The molecule has 86 valence electrons. The Balaban J connectivity index is 2.00. The number of piperidine rings is 2. The van der Waals surface area contributed by atoms with Crippen molar-refractivity contribution in [2.75, 3.05) is 26.7 Å². The summed E-state index contributed by atoms with van der Waals surface area (Å²) < 4.78 is 0. The maximum absolute atomic E-state index is 5.74. The first-order valence-electron chi connectivity index (χ1n) is 5.71. The monoisotopic (exact) mass is 211 g/mol. The Hall–Kier alpha value is -0.970. The van der Waals surface area contributed by atoms with Crippen LogP contribution in [0.5, 0.6) is 0 Å².